The van der Waals surface area contributed by atoms with Crippen molar-refractivity contribution < 1.29 is 13.9 Å². The highest BCUT2D eigenvalue weighted by atomic mass is 127. The molecule has 1 aromatic heterocycles. The highest BCUT2D eigenvalue weighted by Gasteiger charge is 2.12. The minimum atomic E-state index is -0.277. The van der Waals surface area contributed by atoms with Crippen molar-refractivity contribution in [2.24, 2.45) is 0 Å². The molecule has 1 N–H and O–H groups in total. The van der Waals surface area contributed by atoms with E-state index in [9.17, 15) is 4.79 Å². The SMILES string of the molecule is Cc1cccc(NC(=O)c2ccc(COc3ccc(I)cc3)o2)c1. The van der Waals surface area contributed by atoms with Crippen LogP contribution >= 0.6 is 22.6 Å². The van der Waals surface area contributed by atoms with Crippen LogP contribution < -0.4 is 10.1 Å². The summed E-state index contributed by atoms with van der Waals surface area (Å²) in [5.74, 6) is 1.35. The van der Waals surface area contributed by atoms with Crippen LogP contribution in [0.1, 0.15) is 21.9 Å². The van der Waals surface area contributed by atoms with Gasteiger partial charge in [-0.3, -0.25) is 4.79 Å². The van der Waals surface area contributed by atoms with E-state index in [2.05, 4.69) is 27.9 Å². The molecule has 0 fully saturated rings. The Hall–Kier alpha value is -2.28. The number of amides is 1. The summed E-state index contributed by atoms with van der Waals surface area (Å²) in [6.07, 6.45) is 0. The average molecular weight is 433 g/mol. The van der Waals surface area contributed by atoms with Crippen LogP contribution in [0.5, 0.6) is 5.75 Å². The molecular formula is C19H16INO3. The predicted octanol–water partition coefficient (Wildman–Crippen LogP) is 5.02. The van der Waals surface area contributed by atoms with Gasteiger partial charge in [-0.2, -0.15) is 0 Å². The van der Waals surface area contributed by atoms with Gasteiger partial charge in [0.25, 0.3) is 5.91 Å². The van der Waals surface area contributed by atoms with E-state index in [-0.39, 0.29) is 18.3 Å². The number of rotatable bonds is 5. The lowest BCUT2D eigenvalue weighted by atomic mass is 10.2. The van der Waals surface area contributed by atoms with Crippen molar-refractivity contribution in [1.82, 2.24) is 0 Å². The maximum absolute atomic E-state index is 12.2. The molecule has 3 aromatic rings. The van der Waals surface area contributed by atoms with Crippen molar-refractivity contribution in [2.75, 3.05) is 5.32 Å². The highest BCUT2D eigenvalue weighted by Crippen LogP contribution is 2.17. The highest BCUT2D eigenvalue weighted by molar-refractivity contribution is 14.1. The van der Waals surface area contributed by atoms with Gasteiger partial charge < -0.3 is 14.5 Å². The quantitative estimate of drug-likeness (QED) is 0.575. The van der Waals surface area contributed by atoms with Crippen LogP contribution in [0, 0.1) is 10.5 Å². The molecule has 0 saturated carbocycles. The van der Waals surface area contributed by atoms with Crippen LogP contribution in [0.3, 0.4) is 0 Å². The number of ether oxygens (including phenoxy) is 1. The molecule has 122 valence electrons. The maximum atomic E-state index is 12.2. The molecule has 0 aliphatic rings. The lowest BCUT2D eigenvalue weighted by Crippen LogP contribution is -2.10. The fraction of sp³-hybridized carbons (Fsp3) is 0.105. The van der Waals surface area contributed by atoms with Crippen LogP contribution in [0.15, 0.2) is 65.1 Å². The zero-order valence-corrected chi connectivity index (χ0v) is 15.2. The first-order valence-electron chi connectivity index (χ1n) is 7.45. The maximum Gasteiger partial charge on any atom is 0.291 e. The molecule has 0 radical (unpaired) electrons. The van der Waals surface area contributed by atoms with Gasteiger partial charge in [-0.25, -0.2) is 0 Å². The summed E-state index contributed by atoms with van der Waals surface area (Å²) in [6, 6.07) is 18.8. The van der Waals surface area contributed by atoms with Gasteiger partial charge in [0.05, 0.1) is 0 Å². The monoisotopic (exact) mass is 433 g/mol. The minimum Gasteiger partial charge on any atom is -0.486 e. The first-order valence-corrected chi connectivity index (χ1v) is 8.53. The Bertz CT molecular complexity index is 840. The molecule has 5 heteroatoms. The predicted molar refractivity (Wildman–Crippen MR) is 101 cm³/mol. The van der Waals surface area contributed by atoms with Crippen molar-refractivity contribution in [3.05, 3.63) is 81.3 Å². The molecule has 2 aromatic carbocycles. The molecule has 0 bridgehead atoms. The number of hydrogen-bond acceptors (Lipinski definition) is 3. The molecule has 1 heterocycles. The molecule has 0 saturated heterocycles. The lowest BCUT2D eigenvalue weighted by Gasteiger charge is -2.05. The van der Waals surface area contributed by atoms with E-state index in [1.165, 1.54) is 0 Å². The van der Waals surface area contributed by atoms with Gasteiger partial charge in [0.2, 0.25) is 0 Å². The van der Waals surface area contributed by atoms with Crippen LogP contribution in [0.25, 0.3) is 0 Å². The number of nitrogens with one attached hydrogen (secondary N) is 1. The molecule has 0 spiro atoms. The number of benzene rings is 2. The average Bonchev–Trinajstić information content (AvgIpc) is 3.03. The van der Waals surface area contributed by atoms with Gasteiger partial charge in [-0.1, -0.05) is 12.1 Å². The summed E-state index contributed by atoms with van der Waals surface area (Å²) in [5, 5.41) is 2.82. The van der Waals surface area contributed by atoms with Crippen LogP contribution in [-0.4, -0.2) is 5.91 Å². The van der Waals surface area contributed by atoms with E-state index >= 15 is 0 Å². The number of halogens is 1. The van der Waals surface area contributed by atoms with Crippen molar-refractivity contribution in [2.45, 2.75) is 13.5 Å². The van der Waals surface area contributed by atoms with Crippen molar-refractivity contribution >= 4 is 34.2 Å². The largest absolute Gasteiger partial charge is 0.486 e. The lowest BCUT2D eigenvalue weighted by molar-refractivity contribution is 0.0992. The molecule has 0 unspecified atom stereocenters. The molecule has 24 heavy (non-hydrogen) atoms. The molecule has 0 aliphatic heterocycles. The van der Waals surface area contributed by atoms with Gasteiger partial charge in [-0.15, -0.1) is 0 Å². The molecule has 0 aliphatic carbocycles. The number of carbonyl (C=O) groups excluding carboxylic acids is 1. The summed E-state index contributed by atoms with van der Waals surface area (Å²) in [4.78, 5) is 12.2. The molecule has 3 rings (SSSR count). The number of hydrogen-bond donors (Lipinski definition) is 1. The Labute approximate surface area is 154 Å². The Morgan fingerprint density at radius 2 is 1.92 bits per heavy atom. The van der Waals surface area contributed by atoms with Gasteiger partial charge in [0.1, 0.15) is 18.1 Å². The first-order chi connectivity index (χ1) is 11.6. The molecule has 4 nitrogen and oxygen atoms in total. The second-order valence-electron chi connectivity index (χ2n) is 5.33. The van der Waals surface area contributed by atoms with E-state index in [1.54, 1.807) is 12.1 Å². The molecule has 1 amide bonds. The van der Waals surface area contributed by atoms with Crippen LogP contribution in [-0.2, 0) is 6.61 Å². The smallest absolute Gasteiger partial charge is 0.291 e. The topological polar surface area (TPSA) is 51.5 Å². The van der Waals surface area contributed by atoms with Gasteiger partial charge in [0, 0.05) is 9.26 Å². The minimum absolute atomic E-state index is 0.262. The fourth-order valence-corrected chi connectivity index (χ4v) is 2.54. The normalized spacial score (nSPS) is 10.4. The molecule has 0 atom stereocenters. The third-order valence-corrected chi connectivity index (χ3v) is 4.08. The number of aryl methyl sites for hydroxylation is 1. The van der Waals surface area contributed by atoms with Crippen molar-refractivity contribution in [3.8, 4) is 5.75 Å². The Morgan fingerprint density at radius 3 is 2.67 bits per heavy atom. The van der Waals surface area contributed by atoms with Crippen LogP contribution in [0.2, 0.25) is 0 Å². The Balaban J connectivity index is 1.60. The van der Waals surface area contributed by atoms with E-state index < -0.39 is 0 Å². The van der Waals surface area contributed by atoms with Crippen molar-refractivity contribution in [3.63, 3.8) is 0 Å². The number of carbonyl (C=O) groups is 1. The summed E-state index contributed by atoms with van der Waals surface area (Å²) in [5.41, 5.74) is 1.83. The summed E-state index contributed by atoms with van der Waals surface area (Å²) in [6.45, 7) is 2.25. The first kappa shape index (κ1) is 16.6. The third-order valence-electron chi connectivity index (χ3n) is 3.36. The summed E-state index contributed by atoms with van der Waals surface area (Å²) >= 11 is 2.24. The fourth-order valence-electron chi connectivity index (χ4n) is 2.18. The number of furan rings is 1. The van der Waals surface area contributed by atoms with Gasteiger partial charge in [-0.05, 0) is 83.6 Å². The zero-order valence-electron chi connectivity index (χ0n) is 13.1. The Morgan fingerprint density at radius 1 is 1.12 bits per heavy atom. The Kier molecular flexibility index (Phi) is 5.20. The van der Waals surface area contributed by atoms with Crippen LogP contribution in [0.4, 0.5) is 5.69 Å². The molecular weight excluding hydrogens is 417 g/mol. The van der Waals surface area contributed by atoms with E-state index in [0.29, 0.717) is 5.76 Å². The summed E-state index contributed by atoms with van der Waals surface area (Å²) in [7, 11) is 0. The van der Waals surface area contributed by atoms with Gasteiger partial charge >= 0.3 is 0 Å². The zero-order chi connectivity index (χ0) is 16.9. The standard InChI is InChI=1S/C19H16INO3/c1-13-3-2-4-15(11-13)21-19(22)18-10-9-17(24-18)12-23-16-7-5-14(20)6-8-16/h2-11H,12H2,1H3,(H,21,22). The van der Waals surface area contributed by atoms with E-state index in [0.717, 1.165) is 20.6 Å². The summed E-state index contributed by atoms with van der Waals surface area (Å²) < 4.78 is 12.3. The second-order valence-corrected chi connectivity index (χ2v) is 6.58. The second kappa shape index (κ2) is 7.53. The van der Waals surface area contributed by atoms with E-state index in [4.69, 9.17) is 9.15 Å². The van der Waals surface area contributed by atoms with Gasteiger partial charge in [0.15, 0.2) is 5.76 Å². The third kappa shape index (κ3) is 4.38. The van der Waals surface area contributed by atoms with Crippen molar-refractivity contribution in [1.29, 1.82) is 0 Å². The number of anilines is 1. The van der Waals surface area contributed by atoms with E-state index in [1.807, 2.05) is 55.5 Å².